The van der Waals surface area contributed by atoms with E-state index in [1.807, 2.05) is 11.3 Å². The van der Waals surface area contributed by atoms with Gasteiger partial charge in [-0.15, -0.1) is 11.3 Å². The number of ether oxygens (including phenoxy) is 1. The second-order valence-electron chi connectivity index (χ2n) is 5.11. The number of hydrogen-bond acceptors (Lipinski definition) is 4. The molecule has 1 N–H and O–H groups in total. The zero-order valence-corrected chi connectivity index (χ0v) is 11.6. The van der Waals surface area contributed by atoms with Gasteiger partial charge >= 0.3 is 0 Å². The molecule has 17 heavy (non-hydrogen) atoms. The smallest absolute Gasteiger partial charge is 0.0645 e. The molecule has 1 saturated heterocycles. The van der Waals surface area contributed by atoms with Crippen molar-refractivity contribution in [2.24, 2.45) is 0 Å². The van der Waals surface area contributed by atoms with E-state index in [1.165, 1.54) is 4.88 Å². The second kappa shape index (κ2) is 5.96. The van der Waals surface area contributed by atoms with Gasteiger partial charge in [-0.3, -0.25) is 4.90 Å². The molecule has 0 saturated carbocycles. The molecular formula is C13H22N2OS. The topological polar surface area (TPSA) is 24.5 Å². The van der Waals surface area contributed by atoms with E-state index in [0.717, 1.165) is 39.4 Å². The monoisotopic (exact) mass is 254 g/mol. The van der Waals surface area contributed by atoms with Crippen molar-refractivity contribution in [2.75, 3.05) is 32.8 Å². The average molecular weight is 254 g/mol. The number of rotatable bonds is 5. The van der Waals surface area contributed by atoms with Crippen LogP contribution in [0.1, 0.15) is 18.7 Å². The van der Waals surface area contributed by atoms with Crippen LogP contribution in [0.5, 0.6) is 0 Å². The van der Waals surface area contributed by atoms with Crippen LogP contribution in [0.4, 0.5) is 0 Å². The van der Waals surface area contributed by atoms with Gasteiger partial charge in [0.2, 0.25) is 0 Å². The van der Waals surface area contributed by atoms with E-state index in [2.05, 4.69) is 41.6 Å². The van der Waals surface area contributed by atoms with E-state index in [-0.39, 0.29) is 5.54 Å². The third kappa shape index (κ3) is 3.78. The van der Waals surface area contributed by atoms with Crippen LogP contribution in [0.15, 0.2) is 17.5 Å². The summed E-state index contributed by atoms with van der Waals surface area (Å²) in [4.78, 5) is 3.92. The molecule has 0 bridgehead atoms. The summed E-state index contributed by atoms with van der Waals surface area (Å²) in [5.41, 5.74) is 0.183. The molecule has 1 aromatic rings. The lowest BCUT2D eigenvalue weighted by Crippen LogP contribution is -2.54. The highest BCUT2D eigenvalue weighted by Crippen LogP contribution is 2.17. The molecule has 0 radical (unpaired) electrons. The number of morpholine rings is 1. The zero-order chi connectivity index (χ0) is 12.1. The van der Waals surface area contributed by atoms with Crippen LogP contribution >= 0.6 is 11.3 Å². The van der Waals surface area contributed by atoms with Crippen molar-refractivity contribution in [1.82, 2.24) is 10.2 Å². The molecule has 1 fully saturated rings. The minimum atomic E-state index is 0.183. The highest BCUT2D eigenvalue weighted by Gasteiger charge is 2.29. The molecule has 2 rings (SSSR count). The first-order chi connectivity index (χ1) is 8.18. The molecule has 2 heterocycles. The van der Waals surface area contributed by atoms with Crippen molar-refractivity contribution in [2.45, 2.75) is 25.9 Å². The number of nitrogens with one attached hydrogen (secondary N) is 1. The minimum absolute atomic E-state index is 0.183. The zero-order valence-electron chi connectivity index (χ0n) is 10.7. The Morgan fingerprint density at radius 1 is 1.53 bits per heavy atom. The van der Waals surface area contributed by atoms with Crippen molar-refractivity contribution in [3.8, 4) is 0 Å². The van der Waals surface area contributed by atoms with Crippen molar-refractivity contribution in [3.63, 3.8) is 0 Å². The SMILES string of the molecule is CC1(C)COCCN1CCNCc1cccs1. The standard InChI is InChI=1S/C13H22N2OS/c1-13(2)11-16-8-7-15(13)6-5-14-10-12-4-3-9-17-12/h3-4,9,14H,5-8,10-11H2,1-2H3. The van der Waals surface area contributed by atoms with E-state index >= 15 is 0 Å². The largest absolute Gasteiger partial charge is 0.378 e. The van der Waals surface area contributed by atoms with Gasteiger partial charge in [0.25, 0.3) is 0 Å². The Morgan fingerprint density at radius 2 is 2.41 bits per heavy atom. The Labute approximate surface area is 108 Å². The van der Waals surface area contributed by atoms with Crippen LogP contribution in [0, 0.1) is 0 Å². The predicted octanol–water partition coefficient (Wildman–Crippen LogP) is 1.95. The molecule has 1 aliphatic rings. The molecule has 96 valence electrons. The lowest BCUT2D eigenvalue weighted by Gasteiger charge is -2.42. The van der Waals surface area contributed by atoms with Crippen LogP contribution in [0.3, 0.4) is 0 Å². The van der Waals surface area contributed by atoms with E-state index in [1.54, 1.807) is 0 Å². The quantitative estimate of drug-likeness (QED) is 0.813. The van der Waals surface area contributed by atoms with Gasteiger partial charge in [-0.2, -0.15) is 0 Å². The summed E-state index contributed by atoms with van der Waals surface area (Å²) >= 11 is 1.81. The lowest BCUT2D eigenvalue weighted by molar-refractivity contribution is -0.0500. The minimum Gasteiger partial charge on any atom is -0.378 e. The summed E-state index contributed by atoms with van der Waals surface area (Å²) in [5.74, 6) is 0. The number of hydrogen-bond donors (Lipinski definition) is 1. The molecule has 0 unspecified atom stereocenters. The Hall–Kier alpha value is -0.420. The van der Waals surface area contributed by atoms with Crippen LogP contribution in [0.2, 0.25) is 0 Å². The van der Waals surface area contributed by atoms with Crippen molar-refractivity contribution in [3.05, 3.63) is 22.4 Å². The van der Waals surface area contributed by atoms with E-state index < -0.39 is 0 Å². The average Bonchev–Trinajstić information content (AvgIpc) is 2.79. The Morgan fingerprint density at radius 3 is 3.12 bits per heavy atom. The number of nitrogens with zero attached hydrogens (tertiary/aromatic N) is 1. The van der Waals surface area contributed by atoms with Crippen LogP contribution in [-0.4, -0.2) is 43.3 Å². The third-order valence-electron chi connectivity index (χ3n) is 3.25. The molecule has 0 amide bonds. The summed E-state index contributed by atoms with van der Waals surface area (Å²) in [5, 5.41) is 5.63. The molecule has 0 atom stereocenters. The van der Waals surface area contributed by atoms with Gasteiger partial charge in [-0.1, -0.05) is 6.07 Å². The summed E-state index contributed by atoms with van der Waals surface area (Å²) in [7, 11) is 0. The normalized spacial score (nSPS) is 20.6. The highest BCUT2D eigenvalue weighted by molar-refractivity contribution is 7.09. The fourth-order valence-corrected chi connectivity index (χ4v) is 2.82. The van der Waals surface area contributed by atoms with Gasteiger partial charge in [0.05, 0.1) is 13.2 Å². The van der Waals surface area contributed by atoms with Crippen molar-refractivity contribution in [1.29, 1.82) is 0 Å². The van der Waals surface area contributed by atoms with Gasteiger partial charge in [0.1, 0.15) is 0 Å². The first-order valence-electron chi connectivity index (χ1n) is 6.24. The maximum Gasteiger partial charge on any atom is 0.0645 e. The Bertz CT molecular complexity index is 324. The van der Waals surface area contributed by atoms with Gasteiger partial charge < -0.3 is 10.1 Å². The van der Waals surface area contributed by atoms with E-state index in [0.29, 0.717) is 0 Å². The van der Waals surface area contributed by atoms with Crippen LogP contribution in [-0.2, 0) is 11.3 Å². The summed E-state index contributed by atoms with van der Waals surface area (Å²) in [6, 6.07) is 4.28. The molecule has 0 aliphatic carbocycles. The first-order valence-corrected chi connectivity index (χ1v) is 7.12. The lowest BCUT2D eigenvalue weighted by atomic mass is 10.0. The maximum absolute atomic E-state index is 5.52. The molecule has 0 aromatic carbocycles. The van der Waals surface area contributed by atoms with Gasteiger partial charge in [-0.25, -0.2) is 0 Å². The molecule has 3 nitrogen and oxygen atoms in total. The predicted molar refractivity (Wildman–Crippen MR) is 72.5 cm³/mol. The van der Waals surface area contributed by atoms with Crippen LogP contribution < -0.4 is 5.32 Å². The van der Waals surface area contributed by atoms with Crippen molar-refractivity contribution < 1.29 is 4.74 Å². The molecule has 1 aliphatic heterocycles. The van der Waals surface area contributed by atoms with Crippen LogP contribution in [0.25, 0.3) is 0 Å². The van der Waals surface area contributed by atoms with Gasteiger partial charge in [0.15, 0.2) is 0 Å². The summed E-state index contributed by atoms with van der Waals surface area (Å²) < 4.78 is 5.52. The number of thiophene rings is 1. The van der Waals surface area contributed by atoms with Gasteiger partial charge in [-0.05, 0) is 25.3 Å². The Kier molecular flexibility index (Phi) is 4.56. The van der Waals surface area contributed by atoms with E-state index in [4.69, 9.17) is 4.74 Å². The highest BCUT2D eigenvalue weighted by atomic mass is 32.1. The second-order valence-corrected chi connectivity index (χ2v) is 6.14. The maximum atomic E-state index is 5.52. The summed E-state index contributed by atoms with van der Waals surface area (Å²) in [6.07, 6.45) is 0. The molecule has 1 aromatic heterocycles. The fraction of sp³-hybridized carbons (Fsp3) is 0.692. The first kappa shape index (κ1) is 13.0. The van der Waals surface area contributed by atoms with Crippen molar-refractivity contribution >= 4 is 11.3 Å². The molecule has 0 spiro atoms. The van der Waals surface area contributed by atoms with E-state index in [9.17, 15) is 0 Å². The summed E-state index contributed by atoms with van der Waals surface area (Å²) in [6.45, 7) is 10.4. The third-order valence-corrected chi connectivity index (χ3v) is 4.13. The van der Waals surface area contributed by atoms with Gasteiger partial charge in [0, 0.05) is 36.6 Å². The fourth-order valence-electron chi connectivity index (χ4n) is 2.14. The molecule has 4 heteroatoms. The Balaban J connectivity index is 1.67. The molecular weight excluding hydrogens is 232 g/mol.